The van der Waals surface area contributed by atoms with Crippen LogP contribution < -0.4 is 0 Å². The summed E-state index contributed by atoms with van der Waals surface area (Å²) in [4.78, 5) is 27.2. The van der Waals surface area contributed by atoms with Crippen LogP contribution in [-0.4, -0.2) is 26.5 Å². The van der Waals surface area contributed by atoms with Gasteiger partial charge in [0, 0.05) is 0 Å². The van der Waals surface area contributed by atoms with Gasteiger partial charge in [-0.2, -0.15) is 0 Å². The molecule has 0 radical (unpaired) electrons. The van der Waals surface area contributed by atoms with Crippen molar-refractivity contribution < 1.29 is 24.3 Å². The van der Waals surface area contributed by atoms with Crippen LogP contribution in [0.5, 0.6) is 0 Å². The van der Waals surface area contributed by atoms with E-state index in [4.69, 9.17) is 14.9 Å². The van der Waals surface area contributed by atoms with E-state index in [1.807, 2.05) is 0 Å². The fraction of sp³-hybridized carbons (Fsp3) is 0.800. The van der Waals surface area contributed by atoms with E-state index < -0.39 is 25.6 Å². The second-order valence-corrected chi connectivity index (χ2v) is 4.16. The van der Waals surface area contributed by atoms with Crippen LogP contribution in [0.1, 0.15) is 19.8 Å². The number of hydrogen-bond donors (Lipinski definition) is 3. The number of carbonyl (C=O) groups is 1. The van der Waals surface area contributed by atoms with Gasteiger partial charge in [-0.25, -0.2) is 0 Å². The highest BCUT2D eigenvalue weighted by Gasteiger charge is 2.28. The Bertz CT molecular complexity index is 183. The highest BCUT2D eigenvalue weighted by Crippen LogP contribution is 2.44. The Morgan fingerprint density at radius 2 is 2.00 bits per heavy atom. The molecular weight excluding hydrogens is 171 g/mol. The van der Waals surface area contributed by atoms with Crippen LogP contribution in [0.2, 0.25) is 0 Å². The molecule has 0 aromatic heterocycles. The maximum absolute atomic E-state index is 10.5. The van der Waals surface area contributed by atoms with Crippen LogP contribution in [0.15, 0.2) is 0 Å². The molecule has 6 heteroatoms. The summed E-state index contributed by atoms with van der Waals surface area (Å²) in [6.45, 7) is 1.55. The smallest absolute Gasteiger partial charge is 0.329 e. The van der Waals surface area contributed by atoms with Gasteiger partial charge in [0.2, 0.25) is 0 Å². The molecule has 0 aliphatic heterocycles. The number of hydrogen-bond acceptors (Lipinski definition) is 2. The molecule has 0 aromatic rings. The van der Waals surface area contributed by atoms with Crippen molar-refractivity contribution in [3.63, 3.8) is 0 Å². The summed E-state index contributed by atoms with van der Waals surface area (Å²) in [7, 11) is -4.21. The van der Waals surface area contributed by atoms with Crippen LogP contribution in [0.4, 0.5) is 0 Å². The summed E-state index contributed by atoms with van der Waals surface area (Å²) in [5.41, 5.74) is -1.04. The average Bonchev–Trinajstić information content (AvgIpc) is 1.79. The summed E-state index contributed by atoms with van der Waals surface area (Å²) in [5.74, 6) is -1.18. The van der Waals surface area contributed by atoms with Crippen molar-refractivity contribution in [2.24, 2.45) is 0 Å². The lowest BCUT2D eigenvalue weighted by Gasteiger charge is -2.13. The predicted molar refractivity (Wildman–Crippen MR) is 38.4 cm³/mol. The van der Waals surface area contributed by atoms with Gasteiger partial charge in [-0.1, -0.05) is 6.92 Å². The van der Waals surface area contributed by atoms with E-state index >= 15 is 0 Å². The number of aliphatic carboxylic acids is 1. The summed E-state index contributed by atoms with van der Waals surface area (Å²) in [5, 5.41) is 8.24. The van der Waals surface area contributed by atoms with E-state index in [0.29, 0.717) is 0 Å². The third-order valence-corrected chi connectivity index (χ3v) is 2.86. The Hall–Kier alpha value is -0.380. The molecule has 0 saturated heterocycles. The topological polar surface area (TPSA) is 94.8 Å². The van der Waals surface area contributed by atoms with Crippen LogP contribution >= 0.6 is 7.60 Å². The summed E-state index contributed by atoms with van der Waals surface area (Å²) in [6.07, 6.45) is -0.294. The Labute approximate surface area is 64.2 Å². The molecule has 1 atom stereocenters. The van der Waals surface area contributed by atoms with Crippen molar-refractivity contribution in [1.82, 2.24) is 0 Å². The van der Waals surface area contributed by atoms with Crippen LogP contribution in [0.25, 0.3) is 0 Å². The lowest BCUT2D eigenvalue weighted by molar-refractivity contribution is -0.137. The highest BCUT2D eigenvalue weighted by atomic mass is 31.2. The van der Waals surface area contributed by atoms with Crippen molar-refractivity contribution in [1.29, 1.82) is 0 Å². The van der Waals surface area contributed by atoms with Crippen LogP contribution in [0.3, 0.4) is 0 Å². The fourth-order valence-electron chi connectivity index (χ4n) is 0.703. The SMILES string of the molecule is CCC(CC(=O)O)P(=O)(O)O. The lowest BCUT2D eigenvalue weighted by Crippen LogP contribution is -2.12. The van der Waals surface area contributed by atoms with Crippen molar-refractivity contribution in [3.8, 4) is 0 Å². The second-order valence-electron chi connectivity index (χ2n) is 2.25. The van der Waals surface area contributed by atoms with E-state index in [2.05, 4.69) is 0 Å². The van der Waals surface area contributed by atoms with Gasteiger partial charge in [0.1, 0.15) is 0 Å². The standard InChI is InChI=1S/C5H11O5P/c1-2-4(3-5(6)7)11(8,9)10/h4H,2-3H2,1H3,(H,6,7)(H2,8,9,10). The molecule has 0 fully saturated rings. The van der Waals surface area contributed by atoms with E-state index in [1.165, 1.54) is 0 Å². The molecular formula is C5H11O5P. The van der Waals surface area contributed by atoms with E-state index in [0.717, 1.165) is 0 Å². The molecule has 0 aliphatic rings. The fourth-order valence-corrected chi connectivity index (χ4v) is 1.57. The molecule has 5 nitrogen and oxygen atoms in total. The molecule has 0 spiro atoms. The molecule has 11 heavy (non-hydrogen) atoms. The molecule has 0 amide bonds. The van der Waals surface area contributed by atoms with Crippen LogP contribution in [0, 0.1) is 0 Å². The lowest BCUT2D eigenvalue weighted by atomic mass is 10.2. The largest absolute Gasteiger partial charge is 0.481 e. The molecule has 0 aliphatic carbocycles. The first-order valence-corrected chi connectivity index (χ1v) is 4.83. The quantitative estimate of drug-likeness (QED) is 0.547. The van der Waals surface area contributed by atoms with Crippen molar-refractivity contribution in [2.45, 2.75) is 25.4 Å². The first-order valence-electron chi connectivity index (χ1n) is 3.15. The van der Waals surface area contributed by atoms with Crippen LogP contribution in [-0.2, 0) is 9.36 Å². The first-order chi connectivity index (χ1) is 4.88. The molecule has 0 saturated carbocycles. The van der Waals surface area contributed by atoms with Gasteiger partial charge in [-0.05, 0) is 6.42 Å². The van der Waals surface area contributed by atoms with E-state index in [-0.39, 0.29) is 6.42 Å². The minimum absolute atomic E-state index is 0.177. The number of carboxylic acids is 1. The normalized spacial score (nSPS) is 14.5. The van der Waals surface area contributed by atoms with Crippen molar-refractivity contribution in [2.75, 3.05) is 0 Å². The molecule has 1 unspecified atom stereocenters. The Morgan fingerprint density at radius 1 is 1.55 bits per heavy atom. The van der Waals surface area contributed by atoms with E-state index in [9.17, 15) is 9.36 Å². The van der Waals surface area contributed by atoms with Gasteiger partial charge in [0.15, 0.2) is 0 Å². The summed E-state index contributed by atoms with van der Waals surface area (Å²) >= 11 is 0. The van der Waals surface area contributed by atoms with Gasteiger partial charge in [0.25, 0.3) is 0 Å². The minimum Gasteiger partial charge on any atom is -0.481 e. The van der Waals surface area contributed by atoms with Gasteiger partial charge in [0.05, 0.1) is 12.1 Å². The monoisotopic (exact) mass is 182 g/mol. The molecule has 0 rings (SSSR count). The van der Waals surface area contributed by atoms with Gasteiger partial charge < -0.3 is 14.9 Å². The van der Waals surface area contributed by atoms with Gasteiger partial charge in [-0.3, -0.25) is 9.36 Å². The average molecular weight is 182 g/mol. The second kappa shape index (κ2) is 3.85. The Morgan fingerprint density at radius 3 is 2.09 bits per heavy atom. The molecule has 66 valence electrons. The number of rotatable bonds is 4. The predicted octanol–water partition coefficient (Wildman–Crippen LogP) is 0.417. The molecule has 0 aromatic carbocycles. The zero-order chi connectivity index (χ0) is 9.07. The summed E-state index contributed by atoms with van der Waals surface area (Å²) in [6, 6.07) is 0. The van der Waals surface area contributed by atoms with Crippen molar-refractivity contribution >= 4 is 13.6 Å². The van der Waals surface area contributed by atoms with Crippen molar-refractivity contribution in [3.05, 3.63) is 0 Å². The summed E-state index contributed by atoms with van der Waals surface area (Å²) < 4.78 is 10.5. The third-order valence-electron chi connectivity index (χ3n) is 1.36. The first kappa shape index (κ1) is 10.6. The maximum atomic E-state index is 10.5. The minimum atomic E-state index is -4.21. The maximum Gasteiger partial charge on any atom is 0.329 e. The highest BCUT2D eigenvalue weighted by molar-refractivity contribution is 7.52. The zero-order valence-corrected chi connectivity index (χ0v) is 6.99. The van der Waals surface area contributed by atoms with Gasteiger partial charge >= 0.3 is 13.6 Å². The Balaban J connectivity index is 4.19. The number of carboxylic acid groups (broad SMARTS) is 1. The zero-order valence-electron chi connectivity index (χ0n) is 6.10. The van der Waals surface area contributed by atoms with E-state index in [1.54, 1.807) is 6.92 Å². The third kappa shape index (κ3) is 4.14. The molecule has 0 bridgehead atoms. The van der Waals surface area contributed by atoms with Gasteiger partial charge in [-0.15, -0.1) is 0 Å². The molecule has 0 heterocycles. The Kier molecular flexibility index (Phi) is 3.72. The molecule has 3 N–H and O–H groups in total.